The van der Waals surface area contributed by atoms with Gasteiger partial charge in [0, 0.05) is 0 Å². The molecule has 0 saturated carbocycles. The summed E-state index contributed by atoms with van der Waals surface area (Å²) in [7, 11) is 0. The fourth-order valence-electron chi connectivity index (χ4n) is 1.42. The number of amides is 2. The lowest BCUT2D eigenvalue weighted by Gasteiger charge is -2.24. The van der Waals surface area contributed by atoms with Gasteiger partial charge in [-0.15, -0.1) is 0 Å². The van der Waals surface area contributed by atoms with Gasteiger partial charge in [-0.25, -0.2) is 14.0 Å². The van der Waals surface area contributed by atoms with Crippen molar-refractivity contribution in [2.45, 2.75) is 32.7 Å². The summed E-state index contributed by atoms with van der Waals surface area (Å²) in [6, 6.07) is 3.60. The predicted octanol–water partition coefficient (Wildman–Crippen LogP) is 2.51. The van der Waals surface area contributed by atoms with E-state index in [0.717, 1.165) is 5.56 Å². The first-order valence-electron chi connectivity index (χ1n) is 5.87. The summed E-state index contributed by atoms with van der Waals surface area (Å²) in [5, 5.41) is 13.6. The number of carbonyl (C=O) groups excluding carboxylic acids is 1. The summed E-state index contributed by atoms with van der Waals surface area (Å²) >= 11 is 0. The molecule has 1 unspecified atom stereocenters. The number of aliphatic carboxylic acids is 1. The van der Waals surface area contributed by atoms with Gasteiger partial charge in [0.1, 0.15) is 11.4 Å². The third-order valence-electron chi connectivity index (χ3n) is 2.94. The van der Waals surface area contributed by atoms with E-state index < -0.39 is 23.4 Å². The Morgan fingerprint density at radius 1 is 1.42 bits per heavy atom. The second kappa shape index (κ2) is 5.69. The fourth-order valence-corrected chi connectivity index (χ4v) is 1.42. The average molecular weight is 268 g/mol. The highest BCUT2D eigenvalue weighted by Crippen LogP contribution is 2.16. The van der Waals surface area contributed by atoms with E-state index in [2.05, 4.69) is 10.6 Å². The summed E-state index contributed by atoms with van der Waals surface area (Å²) in [4.78, 5) is 22.7. The van der Waals surface area contributed by atoms with Crippen molar-refractivity contribution >= 4 is 17.7 Å². The highest BCUT2D eigenvalue weighted by atomic mass is 19.1. The maximum atomic E-state index is 13.5. The van der Waals surface area contributed by atoms with Gasteiger partial charge in [-0.2, -0.15) is 0 Å². The smallest absolute Gasteiger partial charge is 0.329 e. The van der Waals surface area contributed by atoms with E-state index in [-0.39, 0.29) is 12.1 Å². The van der Waals surface area contributed by atoms with Crippen LogP contribution in [0.25, 0.3) is 0 Å². The number of benzene rings is 1. The van der Waals surface area contributed by atoms with Crippen molar-refractivity contribution in [2.24, 2.45) is 0 Å². The minimum Gasteiger partial charge on any atom is -0.480 e. The molecule has 0 radical (unpaired) electrons. The van der Waals surface area contributed by atoms with Crippen LogP contribution in [-0.2, 0) is 4.79 Å². The minimum absolute atomic E-state index is 0.00643. The highest BCUT2D eigenvalue weighted by Gasteiger charge is 2.32. The Hall–Kier alpha value is -2.11. The van der Waals surface area contributed by atoms with Crippen LogP contribution in [0.1, 0.15) is 25.8 Å². The lowest BCUT2D eigenvalue weighted by Crippen LogP contribution is -2.53. The molecular formula is C13H17FN2O3. The van der Waals surface area contributed by atoms with Gasteiger partial charge >= 0.3 is 12.0 Å². The maximum Gasteiger partial charge on any atom is 0.329 e. The van der Waals surface area contributed by atoms with Crippen LogP contribution in [0.5, 0.6) is 0 Å². The molecule has 1 rings (SSSR count). The van der Waals surface area contributed by atoms with Crippen molar-refractivity contribution in [1.82, 2.24) is 5.32 Å². The molecule has 0 heterocycles. The molecule has 3 N–H and O–H groups in total. The molecule has 2 amide bonds. The quantitative estimate of drug-likeness (QED) is 0.785. The standard InChI is InChI=1S/C13H17FN2O3/c1-4-13(3,11(17)18)16-12(19)15-10-6-5-8(2)7-9(10)14/h5-7H,4H2,1-3H3,(H,17,18)(H2,15,16,19). The van der Waals surface area contributed by atoms with Gasteiger partial charge in [-0.1, -0.05) is 13.0 Å². The highest BCUT2D eigenvalue weighted by molar-refractivity contribution is 5.93. The zero-order valence-electron chi connectivity index (χ0n) is 11.1. The lowest BCUT2D eigenvalue weighted by molar-refractivity contribution is -0.143. The second-order valence-corrected chi connectivity index (χ2v) is 4.55. The van der Waals surface area contributed by atoms with Crippen LogP contribution in [0.3, 0.4) is 0 Å². The maximum absolute atomic E-state index is 13.5. The molecule has 0 saturated heterocycles. The SMILES string of the molecule is CCC(C)(NC(=O)Nc1ccc(C)cc1F)C(=O)O. The molecule has 0 fully saturated rings. The molecule has 0 aliphatic heterocycles. The predicted molar refractivity (Wildman–Crippen MR) is 69.6 cm³/mol. The largest absolute Gasteiger partial charge is 0.480 e. The van der Waals surface area contributed by atoms with Crippen LogP contribution in [0.15, 0.2) is 18.2 Å². The number of rotatable bonds is 4. The van der Waals surface area contributed by atoms with Crippen molar-refractivity contribution < 1.29 is 19.1 Å². The van der Waals surface area contributed by atoms with Gasteiger partial charge in [0.05, 0.1) is 5.69 Å². The molecule has 0 aromatic heterocycles. The number of aryl methyl sites for hydroxylation is 1. The van der Waals surface area contributed by atoms with E-state index in [1.165, 1.54) is 19.1 Å². The van der Waals surface area contributed by atoms with Gasteiger partial charge in [0.2, 0.25) is 0 Å². The Morgan fingerprint density at radius 2 is 2.05 bits per heavy atom. The zero-order valence-corrected chi connectivity index (χ0v) is 11.1. The molecule has 0 aliphatic rings. The number of nitrogens with one attached hydrogen (secondary N) is 2. The van der Waals surface area contributed by atoms with Crippen molar-refractivity contribution in [1.29, 1.82) is 0 Å². The molecule has 104 valence electrons. The van der Waals surface area contributed by atoms with Crippen LogP contribution in [-0.4, -0.2) is 22.6 Å². The van der Waals surface area contributed by atoms with E-state index in [1.807, 2.05) is 0 Å². The number of anilines is 1. The van der Waals surface area contributed by atoms with Gasteiger partial charge in [0.15, 0.2) is 0 Å². The van der Waals surface area contributed by atoms with Crippen molar-refractivity contribution in [3.63, 3.8) is 0 Å². The Kier molecular flexibility index (Phi) is 4.47. The normalized spacial score (nSPS) is 13.5. The molecule has 5 nitrogen and oxygen atoms in total. The molecule has 1 aromatic rings. The molecule has 6 heteroatoms. The first-order chi connectivity index (χ1) is 8.78. The molecule has 19 heavy (non-hydrogen) atoms. The Balaban J connectivity index is 2.78. The van der Waals surface area contributed by atoms with Crippen molar-refractivity contribution in [2.75, 3.05) is 5.32 Å². The van der Waals surface area contributed by atoms with E-state index >= 15 is 0 Å². The van der Waals surface area contributed by atoms with E-state index in [0.29, 0.717) is 0 Å². The van der Waals surface area contributed by atoms with Crippen LogP contribution in [0, 0.1) is 12.7 Å². The number of hydrogen-bond donors (Lipinski definition) is 3. The number of carboxylic acid groups (broad SMARTS) is 1. The molecule has 0 aliphatic carbocycles. The Morgan fingerprint density at radius 3 is 2.53 bits per heavy atom. The minimum atomic E-state index is -1.38. The van der Waals surface area contributed by atoms with Gasteiger partial charge < -0.3 is 15.7 Å². The fraction of sp³-hybridized carbons (Fsp3) is 0.385. The molecular weight excluding hydrogens is 251 g/mol. The summed E-state index contributed by atoms with van der Waals surface area (Å²) in [5.74, 6) is -1.71. The number of urea groups is 1. The number of halogens is 1. The summed E-state index contributed by atoms with van der Waals surface area (Å²) in [5.41, 5.74) is -0.648. The second-order valence-electron chi connectivity index (χ2n) is 4.55. The van der Waals surface area contributed by atoms with Crippen LogP contribution >= 0.6 is 0 Å². The van der Waals surface area contributed by atoms with Crippen LogP contribution in [0.2, 0.25) is 0 Å². The van der Waals surface area contributed by atoms with Gasteiger partial charge in [-0.05, 0) is 38.0 Å². The topological polar surface area (TPSA) is 78.4 Å². The zero-order chi connectivity index (χ0) is 14.6. The van der Waals surface area contributed by atoms with Gasteiger partial charge in [0.25, 0.3) is 0 Å². The lowest BCUT2D eigenvalue weighted by atomic mass is 10.00. The Bertz CT molecular complexity index is 505. The van der Waals surface area contributed by atoms with E-state index in [4.69, 9.17) is 5.11 Å². The first kappa shape index (κ1) is 14.9. The van der Waals surface area contributed by atoms with Crippen LogP contribution < -0.4 is 10.6 Å². The van der Waals surface area contributed by atoms with E-state index in [9.17, 15) is 14.0 Å². The molecule has 1 aromatic carbocycles. The first-order valence-corrected chi connectivity index (χ1v) is 5.87. The molecule has 0 bridgehead atoms. The monoisotopic (exact) mass is 268 g/mol. The molecule has 0 spiro atoms. The number of carbonyl (C=O) groups is 2. The third kappa shape index (κ3) is 3.67. The third-order valence-corrected chi connectivity index (χ3v) is 2.94. The number of carboxylic acids is 1. The summed E-state index contributed by atoms with van der Waals surface area (Å²) < 4.78 is 13.5. The molecule has 1 atom stereocenters. The van der Waals surface area contributed by atoms with Gasteiger partial charge in [-0.3, -0.25) is 0 Å². The summed E-state index contributed by atoms with van der Waals surface area (Å²) in [6.45, 7) is 4.76. The Labute approximate surface area is 110 Å². The van der Waals surface area contributed by atoms with Crippen molar-refractivity contribution in [3.05, 3.63) is 29.6 Å². The average Bonchev–Trinajstić information content (AvgIpc) is 2.32. The number of hydrogen-bond acceptors (Lipinski definition) is 2. The van der Waals surface area contributed by atoms with Crippen LogP contribution in [0.4, 0.5) is 14.9 Å². The van der Waals surface area contributed by atoms with E-state index in [1.54, 1.807) is 19.9 Å². The van der Waals surface area contributed by atoms with Crippen molar-refractivity contribution in [3.8, 4) is 0 Å². The summed E-state index contributed by atoms with van der Waals surface area (Å²) in [6.07, 6.45) is 0.214.